The van der Waals surface area contributed by atoms with Crippen LogP contribution in [0.4, 0.5) is 18.0 Å². The van der Waals surface area contributed by atoms with Gasteiger partial charge in [0.25, 0.3) is 0 Å². The number of benzene rings is 2. The fraction of sp³-hybridized carbons (Fsp3) is 0.304. The molecule has 2 amide bonds. The van der Waals surface area contributed by atoms with Crippen LogP contribution in [0, 0.1) is 6.92 Å². The standard InChI is InChI=1S/C23H20F3NO3S/c1-13-10-16(12-17(11-13)23(24,25)26)21-14(2)27(22(29)30-21)20(28)7-6-15-4-3-5-19-18(15)8-9-31-19/h3-5,8-12,14,21H,6-7H2,1-2H3/t14-,21-/m0/s1. The first kappa shape index (κ1) is 21.4. The SMILES string of the molecule is Cc1cc([C@H]2OC(=O)N(C(=O)CCc3cccc4sccc34)[C@H]2C)cc(C(F)(F)F)c1. The second-order valence-electron chi connectivity index (χ2n) is 7.69. The van der Waals surface area contributed by atoms with E-state index >= 15 is 0 Å². The van der Waals surface area contributed by atoms with Gasteiger partial charge in [-0.15, -0.1) is 11.3 Å². The second-order valence-corrected chi connectivity index (χ2v) is 8.64. The van der Waals surface area contributed by atoms with Gasteiger partial charge in [-0.25, -0.2) is 9.69 Å². The molecular weight excluding hydrogens is 427 g/mol. The minimum Gasteiger partial charge on any atom is -0.439 e. The first-order valence-corrected chi connectivity index (χ1v) is 10.7. The highest BCUT2D eigenvalue weighted by molar-refractivity contribution is 7.17. The van der Waals surface area contributed by atoms with Crippen LogP contribution in [0.3, 0.4) is 0 Å². The summed E-state index contributed by atoms with van der Waals surface area (Å²) in [5.74, 6) is -0.407. The fourth-order valence-electron chi connectivity index (χ4n) is 4.02. The van der Waals surface area contributed by atoms with Crippen molar-refractivity contribution in [2.75, 3.05) is 0 Å². The van der Waals surface area contributed by atoms with Gasteiger partial charge in [0.05, 0.1) is 11.6 Å². The van der Waals surface area contributed by atoms with Crippen LogP contribution >= 0.6 is 11.3 Å². The Hall–Kier alpha value is -2.87. The maximum Gasteiger partial charge on any atom is 0.417 e. The summed E-state index contributed by atoms with van der Waals surface area (Å²) >= 11 is 1.61. The molecular formula is C23H20F3NO3S. The summed E-state index contributed by atoms with van der Waals surface area (Å²) in [6.45, 7) is 3.16. The number of aryl methyl sites for hydroxylation is 2. The molecule has 3 aromatic rings. The molecule has 4 nitrogen and oxygen atoms in total. The molecule has 1 aromatic heterocycles. The van der Waals surface area contributed by atoms with E-state index in [9.17, 15) is 22.8 Å². The molecule has 31 heavy (non-hydrogen) atoms. The van der Waals surface area contributed by atoms with E-state index in [0.29, 0.717) is 12.0 Å². The van der Waals surface area contributed by atoms with Crippen LogP contribution in [0.1, 0.15) is 41.7 Å². The predicted molar refractivity (Wildman–Crippen MR) is 112 cm³/mol. The Labute approximate surface area is 181 Å². The lowest BCUT2D eigenvalue weighted by Gasteiger charge is -2.20. The minimum atomic E-state index is -4.51. The first-order chi connectivity index (χ1) is 14.6. The lowest BCUT2D eigenvalue weighted by atomic mass is 9.98. The Morgan fingerprint density at radius 2 is 1.97 bits per heavy atom. The quantitative estimate of drug-likeness (QED) is 0.474. The van der Waals surface area contributed by atoms with E-state index in [2.05, 4.69) is 0 Å². The van der Waals surface area contributed by atoms with Crippen LogP contribution in [0.25, 0.3) is 10.1 Å². The van der Waals surface area contributed by atoms with Gasteiger partial charge in [0.15, 0.2) is 0 Å². The number of hydrogen-bond acceptors (Lipinski definition) is 4. The minimum absolute atomic E-state index is 0.0999. The number of ether oxygens (including phenoxy) is 1. The van der Waals surface area contributed by atoms with Crippen molar-refractivity contribution in [3.8, 4) is 0 Å². The summed E-state index contributed by atoms with van der Waals surface area (Å²) in [5, 5.41) is 3.06. The number of halogens is 3. The number of cyclic esters (lactones) is 1. The summed E-state index contributed by atoms with van der Waals surface area (Å²) in [6, 6.07) is 10.7. The maximum atomic E-state index is 13.2. The lowest BCUT2D eigenvalue weighted by Crippen LogP contribution is -2.37. The maximum absolute atomic E-state index is 13.2. The zero-order chi connectivity index (χ0) is 22.3. The molecule has 0 bridgehead atoms. The Kier molecular flexibility index (Phi) is 5.51. The number of hydrogen-bond donors (Lipinski definition) is 0. The molecule has 2 aromatic carbocycles. The Morgan fingerprint density at radius 1 is 1.19 bits per heavy atom. The molecule has 4 rings (SSSR count). The summed E-state index contributed by atoms with van der Waals surface area (Å²) in [7, 11) is 0. The van der Waals surface area contributed by atoms with Crippen LogP contribution < -0.4 is 0 Å². The Bertz CT molecular complexity index is 1150. The molecule has 0 N–H and O–H groups in total. The van der Waals surface area contributed by atoms with Gasteiger partial charge in [-0.3, -0.25) is 4.79 Å². The Morgan fingerprint density at radius 3 is 2.71 bits per heavy atom. The summed E-state index contributed by atoms with van der Waals surface area (Å²) < 4.78 is 46.0. The number of alkyl halides is 3. The van der Waals surface area contributed by atoms with Crippen molar-refractivity contribution in [1.82, 2.24) is 4.90 Å². The van der Waals surface area contributed by atoms with Crippen molar-refractivity contribution in [2.24, 2.45) is 0 Å². The normalized spacial score (nSPS) is 19.1. The van der Waals surface area contributed by atoms with E-state index in [1.165, 1.54) is 0 Å². The highest BCUT2D eigenvalue weighted by atomic mass is 32.1. The monoisotopic (exact) mass is 447 g/mol. The van der Waals surface area contributed by atoms with Crippen molar-refractivity contribution in [1.29, 1.82) is 0 Å². The van der Waals surface area contributed by atoms with Crippen LogP contribution in [-0.2, 0) is 22.1 Å². The highest BCUT2D eigenvalue weighted by Crippen LogP contribution is 2.37. The molecule has 0 saturated carbocycles. The molecule has 0 spiro atoms. The largest absolute Gasteiger partial charge is 0.439 e. The van der Waals surface area contributed by atoms with Crippen molar-refractivity contribution in [2.45, 2.75) is 45.0 Å². The van der Waals surface area contributed by atoms with Gasteiger partial charge in [-0.1, -0.05) is 23.8 Å². The third-order valence-corrected chi connectivity index (χ3v) is 6.37. The number of imide groups is 1. The predicted octanol–water partition coefficient (Wildman–Crippen LogP) is 6.27. The zero-order valence-electron chi connectivity index (χ0n) is 16.9. The van der Waals surface area contributed by atoms with Crippen LogP contribution in [0.5, 0.6) is 0 Å². The lowest BCUT2D eigenvalue weighted by molar-refractivity contribution is -0.137. The average molecular weight is 447 g/mol. The highest BCUT2D eigenvalue weighted by Gasteiger charge is 2.44. The molecule has 162 valence electrons. The Balaban J connectivity index is 1.52. The molecule has 1 saturated heterocycles. The van der Waals surface area contributed by atoms with Gasteiger partial charge in [-0.2, -0.15) is 13.2 Å². The van der Waals surface area contributed by atoms with E-state index in [4.69, 9.17) is 4.74 Å². The summed E-state index contributed by atoms with van der Waals surface area (Å²) in [5.41, 5.74) is 0.838. The van der Waals surface area contributed by atoms with Crippen LogP contribution in [-0.4, -0.2) is 22.9 Å². The molecule has 2 heterocycles. The third kappa shape index (κ3) is 4.17. The van der Waals surface area contributed by atoms with E-state index in [1.807, 2.05) is 29.6 Å². The number of nitrogens with zero attached hydrogens (tertiary/aromatic N) is 1. The number of fused-ring (bicyclic) bond motifs is 1. The van der Waals surface area contributed by atoms with E-state index in [-0.39, 0.29) is 12.0 Å². The third-order valence-electron chi connectivity index (χ3n) is 5.49. The fourth-order valence-corrected chi connectivity index (χ4v) is 4.85. The first-order valence-electron chi connectivity index (χ1n) is 9.81. The topological polar surface area (TPSA) is 46.6 Å². The van der Waals surface area contributed by atoms with Gasteiger partial charge >= 0.3 is 12.3 Å². The zero-order valence-corrected chi connectivity index (χ0v) is 17.7. The number of rotatable bonds is 4. The molecule has 2 atom stereocenters. The van der Waals surface area contributed by atoms with Crippen molar-refractivity contribution in [3.63, 3.8) is 0 Å². The van der Waals surface area contributed by atoms with Crippen molar-refractivity contribution < 1.29 is 27.5 Å². The van der Waals surface area contributed by atoms with Crippen molar-refractivity contribution in [3.05, 3.63) is 70.1 Å². The number of carbonyl (C=O) groups excluding carboxylic acids is 2. The average Bonchev–Trinajstić information content (AvgIpc) is 3.29. The number of amides is 2. The molecule has 0 aliphatic carbocycles. The van der Waals surface area contributed by atoms with E-state index < -0.39 is 35.9 Å². The van der Waals surface area contributed by atoms with Crippen LogP contribution in [0.15, 0.2) is 47.8 Å². The van der Waals surface area contributed by atoms with Crippen LogP contribution in [0.2, 0.25) is 0 Å². The van der Waals surface area contributed by atoms with Gasteiger partial charge in [0.1, 0.15) is 6.10 Å². The molecule has 1 fully saturated rings. The molecule has 0 radical (unpaired) electrons. The number of thiophene rings is 1. The second kappa shape index (κ2) is 8.00. The van der Waals surface area contributed by atoms with Gasteiger partial charge in [-0.05, 0) is 66.4 Å². The summed E-state index contributed by atoms with van der Waals surface area (Å²) in [4.78, 5) is 26.3. The molecule has 0 unspecified atom stereocenters. The molecule has 8 heteroatoms. The summed E-state index contributed by atoms with van der Waals surface area (Å²) in [6.07, 6.45) is -5.73. The van der Waals surface area contributed by atoms with Gasteiger partial charge in [0, 0.05) is 11.1 Å². The van der Waals surface area contributed by atoms with Gasteiger partial charge < -0.3 is 4.74 Å². The van der Waals surface area contributed by atoms with E-state index in [1.54, 1.807) is 31.3 Å². The van der Waals surface area contributed by atoms with Crippen molar-refractivity contribution >= 4 is 33.4 Å². The molecule has 1 aliphatic rings. The number of carbonyl (C=O) groups is 2. The van der Waals surface area contributed by atoms with Gasteiger partial charge in [0.2, 0.25) is 5.91 Å². The molecule has 1 aliphatic heterocycles. The van der Waals surface area contributed by atoms with E-state index in [0.717, 1.165) is 32.7 Å². The smallest absolute Gasteiger partial charge is 0.417 e.